The maximum atomic E-state index is 11.2. The number of aromatic nitrogens is 2. The van der Waals surface area contributed by atoms with Crippen LogP contribution in [0.5, 0.6) is 0 Å². The minimum Gasteiger partial charge on any atom is -0.464 e. The van der Waals surface area contributed by atoms with E-state index in [0.29, 0.717) is 5.82 Å². The van der Waals surface area contributed by atoms with Gasteiger partial charge in [0.2, 0.25) is 0 Å². The molecule has 98 valence electrons. The Kier molecular flexibility index (Phi) is 3.47. The van der Waals surface area contributed by atoms with Crippen LogP contribution in [0, 0.1) is 0 Å². The zero-order valence-corrected chi connectivity index (χ0v) is 10.8. The molecule has 0 radical (unpaired) electrons. The summed E-state index contributed by atoms with van der Waals surface area (Å²) < 4.78 is 10.1. The predicted molar refractivity (Wildman–Crippen MR) is 65.4 cm³/mol. The second kappa shape index (κ2) is 4.89. The third-order valence-corrected chi connectivity index (χ3v) is 3.36. The fraction of sp³-hybridized carbons (Fsp3) is 0.583. The van der Waals surface area contributed by atoms with Crippen molar-refractivity contribution >= 4 is 11.8 Å². The van der Waals surface area contributed by atoms with Gasteiger partial charge in [0.15, 0.2) is 5.69 Å². The van der Waals surface area contributed by atoms with Crippen LogP contribution in [0.3, 0.4) is 0 Å². The predicted octanol–water partition coefficient (Wildman–Crippen LogP) is 1.24. The molecular formula is C12H17N3O3. The largest absolute Gasteiger partial charge is 0.464 e. The molecule has 0 aliphatic carbocycles. The molecular weight excluding hydrogens is 234 g/mol. The van der Waals surface area contributed by atoms with E-state index in [0.717, 1.165) is 13.0 Å². The molecule has 1 saturated heterocycles. The molecule has 0 bridgehead atoms. The van der Waals surface area contributed by atoms with Gasteiger partial charge in [-0.05, 0) is 32.4 Å². The number of anilines is 1. The molecule has 18 heavy (non-hydrogen) atoms. The van der Waals surface area contributed by atoms with E-state index in [-0.39, 0.29) is 17.3 Å². The fourth-order valence-electron chi connectivity index (χ4n) is 1.90. The van der Waals surface area contributed by atoms with Gasteiger partial charge in [-0.15, -0.1) is 10.2 Å². The first-order chi connectivity index (χ1) is 8.55. The van der Waals surface area contributed by atoms with Crippen molar-refractivity contribution in [3.8, 4) is 0 Å². The van der Waals surface area contributed by atoms with E-state index in [9.17, 15) is 4.79 Å². The Bertz CT molecular complexity index is 435. The third kappa shape index (κ3) is 2.43. The van der Waals surface area contributed by atoms with Gasteiger partial charge in [0.25, 0.3) is 0 Å². The summed E-state index contributed by atoms with van der Waals surface area (Å²) in [7, 11) is 1.31. The van der Waals surface area contributed by atoms with Crippen LogP contribution in [-0.4, -0.2) is 41.5 Å². The molecule has 2 atom stereocenters. The summed E-state index contributed by atoms with van der Waals surface area (Å²) in [5.41, 5.74) is 0.0467. The summed E-state index contributed by atoms with van der Waals surface area (Å²) in [6.45, 7) is 4.84. The number of ether oxygens (including phenoxy) is 2. The number of hydrogen-bond acceptors (Lipinski definition) is 6. The van der Waals surface area contributed by atoms with Gasteiger partial charge in [-0.25, -0.2) is 4.79 Å². The molecule has 1 aromatic heterocycles. The molecule has 2 rings (SSSR count). The fourth-order valence-corrected chi connectivity index (χ4v) is 1.90. The minimum absolute atomic E-state index is 0.111. The lowest BCUT2D eigenvalue weighted by atomic mass is 9.95. The molecule has 1 N–H and O–H groups in total. The van der Waals surface area contributed by atoms with Gasteiger partial charge in [-0.3, -0.25) is 0 Å². The van der Waals surface area contributed by atoms with Crippen molar-refractivity contribution in [2.45, 2.75) is 31.9 Å². The van der Waals surface area contributed by atoms with E-state index in [1.807, 2.05) is 6.92 Å². The average Bonchev–Trinajstić information content (AvgIpc) is 2.69. The van der Waals surface area contributed by atoms with Crippen LogP contribution in [0.2, 0.25) is 0 Å². The van der Waals surface area contributed by atoms with Crippen molar-refractivity contribution in [1.82, 2.24) is 10.2 Å². The number of nitrogens with zero attached hydrogens (tertiary/aromatic N) is 2. The van der Waals surface area contributed by atoms with Gasteiger partial charge in [0.05, 0.1) is 18.8 Å². The van der Waals surface area contributed by atoms with Crippen molar-refractivity contribution in [3.63, 3.8) is 0 Å². The number of hydrogen-bond donors (Lipinski definition) is 1. The summed E-state index contributed by atoms with van der Waals surface area (Å²) in [6.07, 6.45) is 1.02. The van der Waals surface area contributed by atoms with Crippen molar-refractivity contribution in [2.75, 3.05) is 19.0 Å². The Labute approximate surface area is 106 Å². The highest BCUT2D eigenvalue weighted by atomic mass is 16.5. The van der Waals surface area contributed by atoms with Crippen LogP contribution in [-0.2, 0) is 9.47 Å². The Morgan fingerprint density at radius 2 is 2.33 bits per heavy atom. The molecule has 6 nitrogen and oxygen atoms in total. The van der Waals surface area contributed by atoms with Crippen LogP contribution < -0.4 is 5.32 Å². The highest BCUT2D eigenvalue weighted by Crippen LogP contribution is 2.28. The smallest absolute Gasteiger partial charge is 0.358 e. The van der Waals surface area contributed by atoms with Gasteiger partial charge < -0.3 is 14.8 Å². The first-order valence-corrected chi connectivity index (χ1v) is 5.87. The maximum absolute atomic E-state index is 11.2. The highest BCUT2D eigenvalue weighted by molar-refractivity contribution is 5.86. The van der Waals surface area contributed by atoms with Gasteiger partial charge >= 0.3 is 5.97 Å². The van der Waals surface area contributed by atoms with Crippen LogP contribution >= 0.6 is 0 Å². The molecule has 0 saturated carbocycles. The summed E-state index contributed by atoms with van der Waals surface area (Å²) in [5, 5.41) is 11.1. The minimum atomic E-state index is -0.488. The average molecular weight is 251 g/mol. The van der Waals surface area contributed by atoms with Gasteiger partial charge in [0, 0.05) is 6.61 Å². The highest BCUT2D eigenvalue weighted by Gasteiger charge is 2.37. The van der Waals surface area contributed by atoms with Crippen LogP contribution in [0.15, 0.2) is 12.1 Å². The van der Waals surface area contributed by atoms with Crippen molar-refractivity contribution < 1.29 is 14.3 Å². The van der Waals surface area contributed by atoms with E-state index in [1.54, 1.807) is 12.1 Å². The van der Waals surface area contributed by atoms with Crippen LogP contribution in [0.4, 0.5) is 5.82 Å². The Hall–Kier alpha value is -1.69. The summed E-state index contributed by atoms with van der Waals surface area (Å²) in [5.74, 6) is 0.139. The number of carbonyl (C=O) groups is 1. The molecule has 2 unspecified atom stereocenters. The molecule has 0 amide bonds. The summed E-state index contributed by atoms with van der Waals surface area (Å²) in [6, 6.07) is 3.31. The zero-order valence-electron chi connectivity index (χ0n) is 10.8. The monoisotopic (exact) mass is 251 g/mol. The standard InChI is InChI=1S/C12H17N3O3/c1-8-12(2,6-7-18-8)13-10-5-4-9(14-15-10)11(16)17-3/h4-5,8H,6-7H2,1-3H3,(H,13,15). The van der Waals surface area contributed by atoms with Crippen LogP contribution in [0.25, 0.3) is 0 Å². The molecule has 1 aromatic rings. The summed E-state index contributed by atoms with van der Waals surface area (Å²) in [4.78, 5) is 11.2. The molecule has 6 heteroatoms. The zero-order chi connectivity index (χ0) is 13.2. The Morgan fingerprint density at radius 3 is 2.83 bits per heavy atom. The topological polar surface area (TPSA) is 73.3 Å². The van der Waals surface area contributed by atoms with E-state index in [2.05, 4.69) is 27.2 Å². The molecule has 1 aliphatic rings. The lowest BCUT2D eigenvalue weighted by Crippen LogP contribution is -2.41. The summed E-state index contributed by atoms with van der Waals surface area (Å²) >= 11 is 0. The SMILES string of the molecule is COC(=O)c1ccc(NC2(C)CCOC2C)nn1. The van der Waals surface area contributed by atoms with Gasteiger partial charge in [0.1, 0.15) is 5.82 Å². The number of rotatable bonds is 3. The molecule has 0 spiro atoms. The van der Waals surface area contributed by atoms with E-state index >= 15 is 0 Å². The quantitative estimate of drug-likeness (QED) is 0.815. The van der Waals surface area contributed by atoms with Crippen molar-refractivity contribution in [2.24, 2.45) is 0 Å². The number of carbonyl (C=O) groups excluding carboxylic acids is 1. The number of methoxy groups -OCH3 is 1. The lowest BCUT2D eigenvalue weighted by Gasteiger charge is -2.29. The van der Waals surface area contributed by atoms with Crippen LogP contribution in [0.1, 0.15) is 30.8 Å². The van der Waals surface area contributed by atoms with Gasteiger partial charge in [-0.1, -0.05) is 0 Å². The maximum Gasteiger partial charge on any atom is 0.358 e. The van der Waals surface area contributed by atoms with E-state index in [4.69, 9.17) is 4.74 Å². The first-order valence-electron chi connectivity index (χ1n) is 5.87. The second-order valence-electron chi connectivity index (χ2n) is 4.60. The van der Waals surface area contributed by atoms with E-state index in [1.165, 1.54) is 7.11 Å². The molecule has 1 fully saturated rings. The molecule has 2 heterocycles. The number of nitrogens with one attached hydrogen (secondary N) is 1. The first kappa shape index (κ1) is 12.8. The normalized spacial score (nSPS) is 26.9. The number of esters is 1. The Balaban J connectivity index is 2.09. The molecule has 0 aromatic carbocycles. The lowest BCUT2D eigenvalue weighted by molar-refractivity contribution is 0.0592. The van der Waals surface area contributed by atoms with Gasteiger partial charge in [-0.2, -0.15) is 0 Å². The third-order valence-electron chi connectivity index (χ3n) is 3.36. The second-order valence-corrected chi connectivity index (χ2v) is 4.60. The van der Waals surface area contributed by atoms with E-state index < -0.39 is 5.97 Å². The van der Waals surface area contributed by atoms with Crippen molar-refractivity contribution in [1.29, 1.82) is 0 Å². The molecule has 1 aliphatic heterocycles. The Morgan fingerprint density at radius 1 is 1.56 bits per heavy atom. The van der Waals surface area contributed by atoms with Crippen molar-refractivity contribution in [3.05, 3.63) is 17.8 Å².